The number of rotatable bonds is 4. The van der Waals surface area contributed by atoms with Gasteiger partial charge in [0.05, 0.1) is 13.7 Å². The second-order valence-electron chi connectivity index (χ2n) is 4.76. The SMILES string of the molecule is CCOCc1ccc2c(=O)c3cc(OC)ccc3sc2c1. The Morgan fingerprint density at radius 2 is 1.90 bits per heavy atom. The third-order valence-corrected chi connectivity index (χ3v) is 4.55. The molecular formula is C17H16O3S. The van der Waals surface area contributed by atoms with Crippen LogP contribution in [-0.4, -0.2) is 13.7 Å². The van der Waals surface area contributed by atoms with Crippen LogP contribution in [0.1, 0.15) is 12.5 Å². The minimum atomic E-state index is 0.0561. The zero-order valence-corrected chi connectivity index (χ0v) is 12.8. The second kappa shape index (κ2) is 5.84. The van der Waals surface area contributed by atoms with E-state index in [1.165, 1.54) is 0 Å². The first-order valence-corrected chi connectivity index (χ1v) is 7.66. The van der Waals surface area contributed by atoms with Crippen LogP contribution in [0, 0.1) is 0 Å². The van der Waals surface area contributed by atoms with Crippen molar-refractivity contribution >= 4 is 31.5 Å². The zero-order valence-electron chi connectivity index (χ0n) is 12.0. The van der Waals surface area contributed by atoms with Gasteiger partial charge in [0.15, 0.2) is 5.43 Å². The lowest BCUT2D eigenvalue weighted by Gasteiger charge is -2.06. The molecule has 0 aliphatic heterocycles. The Kier molecular flexibility index (Phi) is 3.90. The van der Waals surface area contributed by atoms with E-state index in [4.69, 9.17) is 9.47 Å². The lowest BCUT2D eigenvalue weighted by molar-refractivity contribution is 0.134. The topological polar surface area (TPSA) is 35.5 Å². The van der Waals surface area contributed by atoms with Crippen LogP contribution in [0.25, 0.3) is 20.2 Å². The van der Waals surface area contributed by atoms with E-state index < -0.39 is 0 Å². The van der Waals surface area contributed by atoms with E-state index in [1.807, 2.05) is 43.3 Å². The van der Waals surface area contributed by atoms with E-state index in [1.54, 1.807) is 18.4 Å². The van der Waals surface area contributed by atoms with Crippen LogP contribution < -0.4 is 10.2 Å². The summed E-state index contributed by atoms with van der Waals surface area (Å²) < 4.78 is 12.6. The van der Waals surface area contributed by atoms with Crippen molar-refractivity contribution in [1.29, 1.82) is 0 Å². The smallest absolute Gasteiger partial charge is 0.196 e. The van der Waals surface area contributed by atoms with Crippen molar-refractivity contribution < 1.29 is 9.47 Å². The normalized spacial score (nSPS) is 11.1. The highest BCUT2D eigenvalue weighted by Crippen LogP contribution is 2.28. The molecule has 4 heteroatoms. The van der Waals surface area contributed by atoms with E-state index in [0.29, 0.717) is 24.3 Å². The molecule has 0 atom stereocenters. The summed E-state index contributed by atoms with van der Waals surface area (Å²) in [7, 11) is 1.61. The van der Waals surface area contributed by atoms with Gasteiger partial charge in [0.1, 0.15) is 5.75 Å². The minimum absolute atomic E-state index is 0.0561. The molecule has 3 rings (SSSR count). The van der Waals surface area contributed by atoms with E-state index in [-0.39, 0.29) is 5.43 Å². The van der Waals surface area contributed by atoms with Crippen molar-refractivity contribution in [2.45, 2.75) is 13.5 Å². The first-order valence-electron chi connectivity index (χ1n) is 6.84. The average Bonchev–Trinajstić information content (AvgIpc) is 2.52. The molecule has 1 aromatic heterocycles. The third kappa shape index (κ3) is 2.64. The standard InChI is InChI=1S/C17H16O3S/c1-3-20-10-11-4-6-13-16(8-11)21-15-7-5-12(19-2)9-14(15)17(13)18/h4-9H,3,10H2,1-2H3. The van der Waals surface area contributed by atoms with Gasteiger partial charge in [-0.2, -0.15) is 0 Å². The highest BCUT2D eigenvalue weighted by Gasteiger charge is 2.08. The molecular weight excluding hydrogens is 284 g/mol. The molecule has 1 heterocycles. The predicted molar refractivity (Wildman–Crippen MR) is 87.5 cm³/mol. The van der Waals surface area contributed by atoms with Gasteiger partial charge in [0.25, 0.3) is 0 Å². The van der Waals surface area contributed by atoms with Crippen LogP contribution in [0.2, 0.25) is 0 Å². The molecule has 0 bridgehead atoms. The molecule has 3 aromatic rings. The zero-order chi connectivity index (χ0) is 14.8. The Morgan fingerprint density at radius 3 is 2.67 bits per heavy atom. The Hall–Kier alpha value is -1.91. The number of ether oxygens (including phenoxy) is 2. The van der Waals surface area contributed by atoms with Gasteiger partial charge in [-0.25, -0.2) is 0 Å². The molecule has 0 amide bonds. The molecule has 0 fully saturated rings. The molecule has 0 N–H and O–H groups in total. The molecule has 108 valence electrons. The minimum Gasteiger partial charge on any atom is -0.497 e. The number of methoxy groups -OCH3 is 1. The molecule has 0 aliphatic carbocycles. The molecule has 0 saturated heterocycles. The van der Waals surface area contributed by atoms with Crippen molar-refractivity contribution in [3.63, 3.8) is 0 Å². The third-order valence-electron chi connectivity index (χ3n) is 3.41. The Labute approximate surface area is 126 Å². The van der Waals surface area contributed by atoms with Crippen molar-refractivity contribution in [3.8, 4) is 5.75 Å². The largest absolute Gasteiger partial charge is 0.497 e. The van der Waals surface area contributed by atoms with Crippen LogP contribution in [0.3, 0.4) is 0 Å². The summed E-state index contributed by atoms with van der Waals surface area (Å²) in [5, 5.41) is 1.46. The Morgan fingerprint density at radius 1 is 1.05 bits per heavy atom. The van der Waals surface area contributed by atoms with Crippen molar-refractivity contribution in [2.75, 3.05) is 13.7 Å². The highest BCUT2D eigenvalue weighted by molar-refractivity contribution is 7.24. The van der Waals surface area contributed by atoms with E-state index in [2.05, 4.69) is 0 Å². The molecule has 0 radical (unpaired) electrons. The fraction of sp³-hybridized carbons (Fsp3) is 0.235. The summed E-state index contributed by atoms with van der Waals surface area (Å²) in [5.41, 5.74) is 1.15. The fourth-order valence-corrected chi connectivity index (χ4v) is 3.43. The van der Waals surface area contributed by atoms with Crippen LogP contribution in [-0.2, 0) is 11.3 Å². The second-order valence-corrected chi connectivity index (χ2v) is 5.84. The number of hydrogen-bond acceptors (Lipinski definition) is 4. The fourth-order valence-electron chi connectivity index (χ4n) is 2.31. The van der Waals surface area contributed by atoms with Gasteiger partial charge in [0.2, 0.25) is 0 Å². The number of benzene rings is 2. The summed E-state index contributed by atoms with van der Waals surface area (Å²) in [6.45, 7) is 3.24. The van der Waals surface area contributed by atoms with E-state index in [0.717, 1.165) is 20.3 Å². The lowest BCUT2D eigenvalue weighted by Crippen LogP contribution is -2.02. The Bertz CT molecular complexity index is 852. The van der Waals surface area contributed by atoms with Crippen LogP contribution in [0.15, 0.2) is 41.2 Å². The first-order chi connectivity index (χ1) is 10.2. The van der Waals surface area contributed by atoms with Gasteiger partial charge in [-0.15, -0.1) is 11.3 Å². The summed E-state index contributed by atoms with van der Waals surface area (Å²) in [5.74, 6) is 0.708. The van der Waals surface area contributed by atoms with Crippen molar-refractivity contribution in [2.24, 2.45) is 0 Å². The predicted octanol–water partition coefficient (Wildman–Crippen LogP) is 3.96. The van der Waals surface area contributed by atoms with Gasteiger partial charge in [-0.3, -0.25) is 4.79 Å². The number of fused-ring (bicyclic) bond motifs is 2. The van der Waals surface area contributed by atoms with Crippen LogP contribution in [0.4, 0.5) is 0 Å². The van der Waals surface area contributed by atoms with Gasteiger partial charge >= 0.3 is 0 Å². The molecule has 0 unspecified atom stereocenters. The molecule has 0 aliphatic rings. The molecule has 3 nitrogen and oxygen atoms in total. The highest BCUT2D eigenvalue weighted by atomic mass is 32.1. The van der Waals surface area contributed by atoms with Gasteiger partial charge < -0.3 is 9.47 Å². The maximum Gasteiger partial charge on any atom is 0.196 e. The Balaban J connectivity index is 2.21. The van der Waals surface area contributed by atoms with Gasteiger partial charge in [-0.1, -0.05) is 6.07 Å². The average molecular weight is 300 g/mol. The molecule has 0 saturated carbocycles. The molecule has 21 heavy (non-hydrogen) atoms. The summed E-state index contributed by atoms with van der Waals surface area (Å²) in [6.07, 6.45) is 0. The lowest BCUT2D eigenvalue weighted by atomic mass is 10.1. The molecule has 0 spiro atoms. The summed E-state index contributed by atoms with van der Waals surface area (Å²) in [6, 6.07) is 11.5. The first kappa shape index (κ1) is 14.0. The van der Waals surface area contributed by atoms with Crippen LogP contribution in [0.5, 0.6) is 5.75 Å². The monoisotopic (exact) mass is 300 g/mol. The maximum atomic E-state index is 12.6. The van der Waals surface area contributed by atoms with Gasteiger partial charge in [-0.05, 0) is 42.8 Å². The van der Waals surface area contributed by atoms with Crippen molar-refractivity contribution in [1.82, 2.24) is 0 Å². The van der Waals surface area contributed by atoms with E-state index >= 15 is 0 Å². The van der Waals surface area contributed by atoms with Crippen molar-refractivity contribution in [3.05, 3.63) is 52.2 Å². The van der Waals surface area contributed by atoms with E-state index in [9.17, 15) is 4.79 Å². The quantitative estimate of drug-likeness (QED) is 0.684. The van der Waals surface area contributed by atoms with Crippen LogP contribution >= 0.6 is 11.3 Å². The molecule has 2 aromatic carbocycles. The summed E-state index contributed by atoms with van der Waals surface area (Å²) >= 11 is 1.62. The number of hydrogen-bond donors (Lipinski definition) is 0. The maximum absolute atomic E-state index is 12.6. The summed E-state index contributed by atoms with van der Waals surface area (Å²) in [4.78, 5) is 12.6. The van der Waals surface area contributed by atoms with Gasteiger partial charge in [0, 0.05) is 26.8 Å².